The van der Waals surface area contributed by atoms with Crippen LogP contribution in [0, 0.1) is 5.92 Å². The summed E-state index contributed by atoms with van der Waals surface area (Å²) in [7, 11) is 1.31. The molecule has 0 fully saturated rings. The Morgan fingerprint density at radius 1 is 1.23 bits per heavy atom. The summed E-state index contributed by atoms with van der Waals surface area (Å²) in [5.41, 5.74) is 1.76. The largest absolute Gasteiger partial charge is 0.492 e. The Morgan fingerprint density at radius 2 is 2.03 bits per heavy atom. The van der Waals surface area contributed by atoms with Gasteiger partial charge in [-0.15, -0.1) is 0 Å². The normalized spacial score (nSPS) is 13.7. The molecule has 0 aliphatic carbocycles. The lowest BCUT2D eigenvalue weighted by atomic mass is 10.1. The third-order valence-electron chi connectivity index (χ3n) is 5.15. The van der Waals surface area contributed by atoms with Crippen LogP contribution in [0.15, 0.2) is 27.7 Å². The fraction of sp³-hybridized carbons (Fsp3) is 0.500. The van der Waals surface area contributed by atoms with Crippen molar-refractivity contribution in [3.63, 3.8) is 0 Å². The molecule has 0 aromatic carbocycles. The topological polar surface area (TPSA) is 77.8 Å². The SMILES string of the molecule is COC(=O)c1c(OCCc2ccsc2)cc(=O)n2c1CCN(C(=O)CC(C)C)CC2. The van der Waals surface area contributed by atoms with Crippen LogP contribution in [0.4, 0.5) is 0 Å². The Balaban J connectivity index is 1.86. The van der Waals surface area contributed by atoms with Crippen LogP contribution in [-0.2, 0) is 28.9 Å². The van der Waals surface area contributed by atoms with Crippen molar-refractivity contribution >= 4 is 23.2 Å². The van der Waals surface area contributed by atoms with Crippen molar-refractivity contribution in [2.45, 2.75) is 39.7 Å². The summed E-state index contributed by atoms with van der Waals surface area (Å²) in [6.07, 6.45) is 1.54. The minimum absolute atomic E-state index is 0.0673. The summed E-state index contributed by atoms with van der Waals surface area (Å²) >= 11 is 1.61. The van der Waals surface area contributed by atoms with E-state index in [2.05, 4.69) is 0 Å². The zero-order valence-electron chi connectivity index (χ0n) is 17.7. The highest BCUT2D eigenvalue weighted by Crippen LogP contribution is 2.24. The molecule has 0 spiro atoms. The summed E-state index contributed by atoms with van der Waals surface area (Å²) in [5, 5.41) is 4.04. The average molecular weight is 433 g/mol. The molecule has 1 aliphatic rings. The van der Waals surface area contributed by atoms with E-state index in [-0.39, 0.29) is 28.7 Å². The molecular formula is C22H28N2O5S. The van der Waals surface area contributed by atoms with E-state index < -0.39 is 5.97 Å². The first-order chi connectivity index (χ1) is 14.4. The van der Waals surface area contributed by atoms with Gasteiger partial charge in [0.25, 0.3) is 5.56 Å². The first-order valence-electron chi connectivity index (χ1n) is 10.2. The van der Waals surface area contributed by atoms with Crippen molar-refractivity contribution in [1.82, 2.24) is 9.47 Å². The molecule has 0 radical (unpaired) electrons. The van der Waals surface area contributed by atoms with E-state index in [0.717, 1.165) is 5.56 Å². The van der Waals surface area contributed by atoms with Gasteiger partial charge in [-0.25, -0.2) is 4.79 Å². The number of thiophene rings is 1. The van der Waals surface area contributed by atoms with E-state index >= 15 is 0 Å². The van der Waals surface area contributed by atoms with Gasteiger partial charge in [0, 0.05) is 50.7 Å². The average Bonchev–Trinajstić information content (AvgIpc) is 3.11. The number of carbonyl (C=O) groups excluding carboxylic acids is 2. The lowest BCUT2D eigenvalue weighted by Gasteiger charge is -2.20. The highest BCUT2D eigenvalue weighted by Gasteiger charge is 2.27. The van der Waals surface area contributed by atoms with E-state index in [1.54, 1.807) is 20.8 Å². The van der Waals surface area contributed by atoms with E-state index in [9.17, 15) is 14.4 Å². The Bertz CT molecular complexity index is 949. The summed E-state index contributed by atoms with van der Waals surface area (Å²) in [6.45, 7) is 5.60. The van der Waals surface area contributed by atoms with E-state index in [4.69, 9.17) is 9.47 Å². The number of hydrogen-bond acceptors (Lipinski definition) is 6. The van der Waals surface area contributed by atoms with Gasteiger partial charge in [-0.05, 0) is 28.3 Å². The summed E-state index contributed by atoms with van der Waals surface area (Å²) in [6, 6.07) is 3.37. The molecule has 3 heterocycles. The predicted molar refractivity (Wildman–Crippen MR) is 115 cm³/mol. The predicted octanol–water partition coefficient (Wildman–Crippen LogP) is 2.75. The third-order valence-corrected chi connectivity index (χ3v) is 5.88. The van der Waals surface area contributed by atoms with Gasteiger partial charge < -0.3 is 18.9 Å². The van der Waals surface area contributed by atoms with Crippen LogP contribution in [-0.4, -0.2) is 48.1 Å². The zero-order valence-corrected chi connectivity index (χ0v) is 18.5. The van der Waals surface area contributed by atoms with Crippen molar-refractivity contribution in [2.24, 2.45) is 5.92 Å². The molecule has 7 nitrogen and oxygen atoms in total. The van der Waals surface area contributed by atoms with Crippen molar-refractivity contribution < 1.29 is 19.1 Å². The molecule has 1 amide bonds. The molecule has 0 N–H and O–H groups in total. The maximum absolute atomic E-state index is 12.8. The number of pyridine rings is 1. The Hall–Kier alpha value is -2.61. The number of nitrogens with zero attached hydrogens (tertiary/aromatic N) is 2. The number of esters is 1. The number of carbonyl (C=O) groups is 2. The second-order valence-corrected chi connectivity index (χ2v) is 8.55. The molecule has 30 heavy (non-hydrogen) atoms. The number of hydrogen-bond donors (Lipinski definition) is 0. The van der Waals surface area contributed by atoms with E-state index in [1.807, 2.05) is 30.7 Å². The molecule has 3 rings (SSSR count). The minimum Gasteiger partial charge on any atom is -0.492 e. The second kappa shape index (κ2) is 9.93. The van der Waals surface area contributed by atoms with Gasteiger partial charge >= 0.3 is 5.97 Å². The van der Waals surface area contributed by atoms with E-state index in [1.165, 1.54) is 13.2 Å². The van der Waals surface area contributed by atoms with Gasteiger partial charge in [0.15, 0.2) is 0 Å². The number of rotatable bonds is 7. The molecule has 2 aromatic rings. The van der Waals surface area contributed by atoms with Gasteiger partial charge in [0.05, 0.1) is 13.7 Å². The van der Waals surface area contributed by atoms with Crippen LogP contribution < -0.4 is 10.3 Å². The number of ether oxygens (including phenoxy) is 2. The number of methoxy groups -OCH3 is 1. The maximum Gasteiger partial charge on any atom is 0.343 e. The third kappa shape index (κ3) is 5.11. The molecular weight excluding hydrogens is 404 g/mol. The molecule has 2 aromatic heterocycles. The lowest BCUT2D eigenvalue weighted by Crippen LogP contribution is -2.34. The van der Waals surface area contributed by atoms with Gasteiger partial charge in [-0.1, -0.05) is 13.8 Å². The Labute approximate surface area is 180 Å². The molecule has 8 heteroatoms. The Morgan fingerprint density at radius 3 is 2.70 bits per heavy atom. The van der Waals surface area contributed by atoms with Crippen molar-refractivity contribution in [2.75, 3.05) is 26.8 Å². The molecule has 0 saturated carbocycles. The standard InChI is InChI=1S/C22H28N2O5S/c1-15(2)12-19(25)23-7-4-17-21(22(27)28-3)18(13-20(26)24(17)9-8-23)29-10-5-16-6-11-30-14-16/h6,11,13-15H,4-5,7-10,12H2,1-3H3. The number of amides is 1. The first-order valence-corrected chi connectivity index (χ1v) is 11.1. The maximum atomic E-state index is 12.8. The van der Waals surface area contributed by atoms with Crippen LogP contribution >= 0.6 is 11.3 Å². The van der Waals surface area contributed by atoms with Crippen molar-refractivity contribution in [1.29, 1.82) is 0 Å². The van der Waals surface area contributed by atoms with Crippen LogP contribution in [0.2, 0.25) is 0 Å². The quantitative estimate of drug-likeness (QED) is 0.629. The van der Waals surface area contributed by atoms with Crippen LogP contribution in [0.3, 0.4) is 0 Å². The number of aromatic nitrogens is 1. The second-order valence-electron chi connectivity index (χ2n) is 7.77. The molecule has 0 atom stereocenters. The van der Waals surface area contributed by atoms with Gasteiger partial charge in [-0.3, -0.25) is 9.59 Å². The zero-order chi connectivity index (χ0) is 21.7. The van der Waals surface area contributed by atoms with Crippen LogP contribution in [0.5, 0.6) is 5.75 Å². The summed E-state index contributed by atoms with van der Waals surface area (Å²) in [5.74, 6) is 0.0407. The van der Waals surface area contributed by atoms with Gasteiger partial charge in [-0.2, -0.15) is 11.3 Å². The summed E-state index contributed by atoms with van der Waals surface area (Å²) < 4.78 is 12.4. The highest BCUT2D eigenvalue weighted by molar-refractivity contribution is 7.07. The monoisotopic (exact) mass is 432 g/mol. The fourth-order valence-corrected chi connectivity index (χ4v) is 4.33. The molecule has 162 valence electrons. The van der Waals surface area contributed by atoms with Gasteiger partial charge in [0.2, 0.25) is 5.91 Å². The highest BCUT2D eigenvalue weighted by atomic mass is 32.1. The van der Waals surface area contributed by atoms with Crippen molar-refractivity contribution in [3.8, 4) is 5.75 Å². The van der Waals surface area contributed by atoms with Crippen LogP contribution in [0.25, 0.3) is 0 Å². The molecule has 1 aliphatic heterocycles. The summed E-state index contributed by atoms with van der Waals surface area (Å²) in [4.78, 5) is 39.6. The van der Waals surface area contributed by atoms with Gasteiger partial charge in [0.1, 0.15) is 11.3 Å². The smallest absolute Gasteiger partial charge is 0.343 e. The first kappa shape index (κ1) is 22.1. The fourth-order valence-electron chi connectivity index (χ4n) is 3.63. The lowest BCUT2D eigenvalue weighted by molar-refractivity contribution is -0.131. The molecule has 0 saturated heterocycles. The van der Waals surface area contributed by atoms with Crippen LogP contribution in [0.1, 0.15) is 41.9 Å². The number of fused-ring (bicyclic) bond motifs is 1. The Kier molecular flexibility index (Phi) is 7.31. The van der Waals surface area contributed by atoms with Crippen molar-refractivity contribution in [3.05, 3.63) is 50.1 Å². The minimum atomic E-state index is -0.536. The molecule has 0 bridgehead atoms. The van der Waals surface area contributed by atoms with E-state index in [0.29, 0.717) is 51.2 Å². The molecule has 0 unspecified atom stereocenters.